The molecule has 0 aromatic carbocycles. The summed E-state index contributed by atoms with van der Waals surface area (Å²) < 4.78 is 0.646. The zero-order valence-electron chi connectivity index (χ0n) is 8.53. The highest BCUT2D eigenvalue weighted by atomic mass is 35.5. The fourth-order valence-electron chi connectivity index (χ4n) is 1.74. The van der Waals surface area contributed by atoms with Gasteiger partial charge in [0.1, 0.15) is 0 Å². The average Bonchev–Trinajstić information content (AvgIpc) is 2.59. The van der Waals surface area contributed by atoms with Gasteiger partial charge in [0.25, 0.3) is 0 Å². The molecule has 4 heteroatoms. The Balaban J connectivity index is 1.79. The highest BCUT2D eigenvalue weighted by Gasteiger charge is 2.33. The van der Waals surface area contributed by atoms with Gasteiger partial charge in [-0.1, -0.05) is 18.5 Å². The lowest BCUT2D eigenvalue weighted by atomic mass is 10.3. The number of halogens is 1. The molecule has 1 saturated carbocycles. The molecule has 1 aliphatic rings. The van der Waals surface area contributed by atoms with Crippen LogP contribution in [0, 0.1) is 11.8 Å². The van der Waals surface area contributed by atoms with Crippen molar-refractivity contribution in [3.8, 4) is 0 Å². The summed E-state index contributed by atoms with van der Waals surface area (Å²) in [5, 5.41) is 0. The Morgan fingerprint density at radius 2 is 2.43 bits per heavy atom. The molecule has 2 atom stereocenters. The van der Waals surface area contributed by atoms with Gasteiger partial charge in [-0.2, -0.15) is 0 Å². The van der Waals surface area contributed by atoms with Crippen molar-refractivity contribution in [1.29, 1.82) is 0 Å². The van der Waals surface area contributed by atoms with E-state index < -0.39 is 0 Å². The predicted octanol–water partition coefficient (Wildman–Crippen LogP) is 2.88. The molecule has 0 N–H and O–H groups in total. The van der Waals surface area contributed by atoms with Crippen LogP contribution in [0.1, 0.15) is 18.2 Å². The summed E-state index contributed by atoms with van der Waals surface area (Å²) in [6.07, 6.45) is 3.27. The summed E-state index contributed by atoms with van der Waals surface area (Å²) in [6.45, 7) is 4.51. The number of thiazole rings is 1. The minimum atomic E-state index is 0.646. The summed E-state index contributed by atoms with van der Waals surface area (Å²) in [4.78, 5) is 7.65. The molecule has 1 aromatic heterocycles. The third kappa shape index (κ3) is 2.69. The van der Waals surface area contributed by atoms with E-state index in [0.717, 1.165) is 18.4 Å². The van der Waals surface area contributed by atoms with Crippen molar-refractivity contribution in [2.24, 2.45) is 11.8 Å². The van der Waals surface area contributed by atoms with Gasteiger partial charge >= 0.3 is 0 Å². The minimum Gasteiger partial charge on any atom is -0.301 e. The van der Waals surface area contributed by atoms with Crippen LogP contribution < -0.4 is 0 Å². The van der Waals surface area contributed by atoms with E-state index in [-0.39, 0.29) is 0 Å². The van der Waals surface area contributed by atoms with Crippen molar-refractivity contribution in [2.75, 3.05) is 13.6 Å². The molecule has 0 aliphatic heterocycles. The molecule has 78 valence electrons. The Labute approximate surface area is 93.9 Å². The van der Waals surface area contributed by atoms with Gasteiger partial charge in [0.05, 0.1) is 0 Å². The molecular weight excluding hydrogens is 216 g/mol. The molecule has 0 amide bonds. The van der Waals surface area contributed by atoms with E-state index in [1.807, 2.05) is 6.20 Å². The van der Waals surface area contributed by atoms with Crippen LogP contribution in [0.5, 0.6) is 0 Å². The van der Waals surface area contributed by atoms with Crippen LogP contribution in [0.4, 0.5) is 0 Å². The molecule has 0 radical (unpaired) electrons. The summed E-state index contributed by atoms with van der Waals surface area (Å²) in [7, 11) is 2.17. The third-order valence-corrected chi connectivity index (χ3v) is 3.87. The van der Waals surface area contributed by atoms with Gasteiger partial charge in [-0.15, -0.1) is 11.3 Å². The van der Waals surface area contributed by atoms with Gasteiger partial charge < -0.3 is 4.90 Å². The maximum Gasteiger partial charge on any atom is 0.183 e. The second-order valence-corrected chi connectivity index (χ2v) is 5.95. The van der Waals surface area contributed by atoms with Crippen LogP contribution in [0.25, 0.3) is 0 Å². The van der Waals surface area contributed by atoms with E-state index >= 15 is 0 Å². The van der Waals surface area contributed by atoms with E-state index in [2.05, 4.69) is 23.9 Å². The first kappa shape index (κ1) is 10.4. The highest BCUT2D eigenvalue weighted by Crippen LogP contribution is 2.38. The zero-order chi connectivity index (χ0) is 10.1. The van der Waals surface area contributed by atoms with Crippen LogP contribution in [-0.4, -0.2) is 23.5 Å². The first-order valence-electron chi connectivity index (χ1n) is 4.94. The smallest absolute Gasteiger partial charge is 0.183 e. The molecular formula is C10H15ClN2S. The fourth-order valence-corrected chi connectivity index (χ4v) is 2.80. The zero-order valence-corrected chi connectivity index (χ0v) is 10.1. The Hall–Kier alpha value is -0.120. The Bertz CT molecular complexity index is 313. The molecule has 1 fully saturated rings. The Morgan fingerprint density at radius 1 is 1.71 bits per heavy atom. The van der Waals surface area contributed by atoms with E-state index in [4.69, 9.17) is 11.6 Å². The number of rotatable bonds is 4. The summed E-state index contributed by atoms with van der Waals surface area (Å²) in [5.41, 5.74) is 0. The van der Waals surface area contributed by atoms with Crippen molar-refractivity contribution in [3.63, 3.8) is 0 Å². The molecule has 2 rings (SSSR count). The summed E-state index contributed by atoms with van der Waals surface area (Å²) >= 11 is 7.35. The second-order valence-electron chi connectivity index (χ2n) is 4.25. The standard InChI is InChI=1S/C10H15ClN2S/c1-7-3-8(7)5-13(2)6-9-4-12-10(11)14-9/h4,7-8H,3,5-6H2,1-2H3. The number of aromatic nitrogens is 1. The van der Waals surface area contributed by atoms with Crippen molar-refractivity contribution < 1.29 is 0 Å². The molecule has 1 aliphatic carbocycles. The highest BCUT2D eigenvalue weighted by molar-refractivity contribution is 7.15. The largest absolute Gasteiger partial charge is 0.301 e. The first-order valence-corrected chi connectivity index (χ1v) is 6.13. The molecule has 2 unspecified atom stereocenters. The van der Waals surface area contributed by atoms with E-state index in [0.29, 0.717) is 4.47 Å². The van der Waals surface area contributed by atoms with Gasteiger partial charge in [-0.05, 0) is 25.3 Å². The predicted molar refractivity (Wildman–Crippen MR) is 60.7 cm³/mol. The van der Waals surface area contributed by atoms with Gasteiger partial charge in [0, 0.05) is 24.2 Å². The molecule has 1 heterocycles. The Morgan fingerprint density at radius 3 is 2.93 bits per heavy atom. The minimum absolute atomic E-state index is 0.646. The molecule has 1 aromatic rings. The fraction of sp³-hybridized carbons (Fsp3) is 0.700. The molecule has 2 nitrogen and oxygen atoms in total. The van der Waals surface area contributed by atoms with E-state index in [9.17, 15) is 0 Å². The lowest BCUT2D eigenvalue weighted by molar-refractivity contribution is 0.310. The maximum absolute atomic E-state index is 5.77. The molecule has 0 saturated heterocycles. The van der Waals surface area contributed by atoms with Crippen LogP contribution in [0.15, 0.2) is 6.20 Å². The summed E-state index contributed by atoms with van der Waals surface area (Å²) in [5.74, 6) is 1.85. The van der Waals surface area contributed by atoms with Crippen LogP contribution in [0.2, 0.25) is 4.47 Å². The van der Waals surface area contributed by atoms with Crippen molar-refractivity contribution in [3.05, 3.63) is 15.5 Å². The van der Waals surface area contributed by atoms with Crippen molar-refractivity contribution >= 4 is 22.9 Å². The van der Waals surface area contributed by atoms with Gasteiger partial charge in [0.2, 0.25) is 0 Å². The topological polar surface area (TPSA) is 16.1 Å². The Kier molecular flexibility index (Phi) is 3.10. The van der Waals surface area contributed by atoms with Crippen LogP contribution in [-0.2, 0) is 6.54 Å². The maximum atomic E-state index is 5.77. The van der Waals surface area contributed by atoms with Crippen molar-refractivity contribution in [2.45, 2.75) is 19.9 Å². The van der Waals surface area contributed by atoms with Gasteiger partial charge in [0.15, 0.2) is 4.47 Å². The first-order chi connectivity index (χ1) is 6.65. The van der Waals surface area contributed by atoms with E-state index in [1.165, 1.54) is 17.8 Å². The molecule has 14 heavy (non-hydrogen) atoms. The normalized spacial score (nSPS) is 25.7. The molecule has 0 spiro atoms. The lowest BCUT2D eigenvalue weighted by Crippen LogP contribution is -2.20. The molecule has 0 bridgehead atoms. The SMILES string of the molecule is CC1CC1CN(C)Cc1cnc(Cl)s1. The van der Waals surface area contributed by atoms with Crippen LogP contribution in [0.3, 0.4) is 0 Å². The quantitative estimate of drug-likeness (QED) is 0.791. The lowest BCUT2D eigenvalue weighted by Gasteiger charge is -2.14. The van der Waals surface area contributed by atoms with Crippen molar-refractivity contribution in [1.82, 2.24) is 9.88 Å². The van der Waals surface area contributed by atoms with Gasteiger partial charge in [-0.3, -0.25) is 0 Å². The summed E-state index contributed by atoms with van der Waals surface area (Å²) in [6, 6.07) is 0. The number of hydrogen-bond donors (Lipinski definition) is 0. The van der Waals surface area contributed by atoms with E-state index in [1.54, 1.807) is 11.3 Å². The van der Waals surface area contributed by atoms with Gasteiger partial charge in [-0.25, -0.2) is 4.98 Å². The van der Waals surface area contributed by atoms with Crippen LogP contribution >= 0.6 is 22.9 Å². The number of hydrogen-bond acceptors (Lipinski definition) is 3. The third-order valence-electron chi connectivity index (χ3n) is 2.77. The average molecular weight is 231 g/mol. The number of nitrogens with zero attached hydrogens (tertiary/aromatic N) is 2. The monoisotopic (exact) mass is 230 g/mol. The second kappa shape index (κ2) is 4.17.